The highest BCUT2D eigenvalue weighted by molar-refractivity contribution is 5.96. The van der Waals surface area contributed by atoms with Crippen LogP contribution >= 0.6 is 0 Å². The lowest BCUT2D eigenvalue weighted by Gasteiger charge is -2.11. The van der Waals surface area contributed by atoms with Gasteiger partial charge < -0.3 is 15.6 Å². The molecule has 0 spiro atoms. The van der Waals surface area contributed by atoms with E-state index in [1.165, 1.54) is 16.3 Å². The number of benzene rings is 2. The summed E-state index contributed by atoms with van der Waals surface area (Å²) in [5.41, 5.74) is 5.49. The number of H-pyrrole nitrogens is 2. The minimum atomic E-state index is -0.641. The van der Waals surface area contributed by atoms with Crippen LogP contribution in [0.25, 0.3) is 27.8 Å². The number of fused-ring (bicyclic) bond motifs is 1. The van der Waals surface area contributed by atoms with Crippen LogP contribution in [0.3, 0.4) is 0 Å². The number of nitrogens with one attached hydrogen (secondary N) is 3. The number of aromatic amines is 2. The summed E-state index contributed by atoms with van der Waals surface area (Å²) in [5.74, 6) is -0.546. The molecule has 0 aliphatic heterocycles. The Morgan fingerprint density at radius 1 is 0.872 bits per heavy atom. The topological polar surface area (TPSA) is 175 Å². The molecule has 0 saturated carbocycles. The number of amides is 1. The van der Waals surface area contributed by atoms with E-state index < -0.39 is 23.3 Å². The molecular weight excluding hydrogens is 504 g/mol. The Morgan fingerprint density at radius 2 is 1.46 bits per heavy atom. The number of hydrogen-bond acceptors (Lipinski definition) is 7. The monoisotopic (exact) mass is 532 g/mol. The van der Waals surface area contributed by atoms with Crippen molar-refractivity contribution in [3.05, 3.63) is 112 Å². The highest BCUT2D eigenvalue weighted by Gasteiger charge is 2.20. The van der Waals surface area contributed by atoms with Crippen molar-refractivity contribution >= 4 is 17.6 Å². The normalized spacial score (nSPS) is 10.1. The van der Waals surface area contributed by atoms with Gasteiger partial charge in [0.25, 0.3) is 5.56 Å². The third-order valence-electron chi connectivity index (χ3n) is 5.47. The second-order valence-electron chi connectivity index (χ2n) is 7.85. The first kappa shape index (κ1) is 28.2. The largest absolute Gasteiger partial charge is 0.464 e. The first-order valence-corrected chi connectivity index (χ1v) is 11.6. The van der Waals surface area contributed by atoms with E-state index in [1.807, 2.05) is 60.7 Å². The fourth-order valence-corrected chi connectivity index (χ4v) is 3.85. The van der Waals surface area contributed by atoms with Crippen molar-refractivity contribution in [2.75, 3.05) is 19.1 Å². The fraction of sp³-hybridized carbons (Fsp3) is 0.111. The Morgan fingerprint density at radius 3 is 2.05 bits per heavy atom. The number of carbonyl (C=O) groups excluding carboxylic acids is 2. The third kappa shape index (κ3) is 6.32. The molecule has 0 aliphatic rings. The zero-order chi connectivity index (χ0) is 27.1. The molecule has 202 valence electrons. The molecule has 0 fully saturated rings. The highest BCUT2D eigenvalue weighted by atomic mass is 16.6. The van der Waals surface area contributed by atoms with Gasteiger partial charge in [0.05, 0.1) is 13.7 Å². The summed E-state index contributed by atoms with van der Waals surface area (Å²) in [6.07, 6.45) is 2.60. The van der Waals surface area contributed by atoms with Crippen LogP contribution in [-0.2, 0) is 9.47 Å². The maximum absolute atomic E-state index is 12.0. The second kappa shape index (κ2) is 12.7. The Balaban J connectivity index is 0.000000214. The summed E-state index contributed by atoms with van der Waals surface area (Å²) in [6, 6.07) is 22.4. The van der Waals surface area contributed by atoms with Crippen LogP contribution in [0, 0.1) is 0 Å². The third-order valence-corrected chi connectivity index (χ3v) is 5.47. The van der Waals surface area contributed by atoms with Crippen LogP contribution in [0.1, 0.15) is 17.4 Å². The van der Waals surface area contributed by atoms with Gasteiger partial charge in [-0.25, -0.2) is 24.9 Å². The number of esters is 1. The lowest BCUT2D eigenvalue weighted by atomic mass is 10.1. The van der Waals surface area contributed by atoms with Crippen molar-refractivity contribution in [2.45, 2.75) is 6.92 Å². The summed E-state index contributed by atoms with van der Waals surface area (Å²) < 4.78 is 12.3. The quantitative estimate of drug-likeness (QED) is 0.249. The number of aromatic nitrogens is 4. The maximum Gasteiger partial charge on any atom is 0.426 e. The lowest BCUT2D eigenvalue weighted by molar-refractivity contribution is 0.0591. The molecule has 12 nitrogen and oxygen atoms in total. The summed E-state index contributed by atoms with van der Waals surface area (Å²) in [7, 11) is 1.29. The SMILES string of the molecule is CCOC(=O)Nn1ccc(-c2ccccc2)c1C(=O)OC.N.O=c1[nH]c(=O)c2c(-c3ccccc3)ccn2[nH]1. The molecule has 0 bridgehead atoms. The van der Waals surface area contributed by atoms with Gasteiger partial charge in [-0.1, -0.05) is 60.7 Å². The van der Waals surface area contributed by atoms with Gasteiger partial charge in [-0.05, 0) is 30.2 Å². The minimum absolute atomic E-state index is 0. The molecule has 3 heterocycles. The molecule has 39 heavy (non-hydrogen) atoms. The van der Waals surface area contributed by atoms with Gasteiger partial charge in [0, 0.05) is 23.5 Å². The van der Waals surface area contributed by atoms with Crippen molar-refractivity contribution < 1.29 is 19.1 Å². The van der Waals surface area contributed by atoms with E-state index in [9.17, 15) is 19.2 Å². The number of methoxy groups -OCH3 is 1. The first-order valence-electron chi connectivity index (χ1n) is 11.6. The molecule has 1 amide bonds. The number of nitrogens with zero attached hydrogens (tertiary/aromatic N) is 2. The molecule has 12 heteroatoms. The van der Waals surface area contributed by atoms with Gasteiger partial charge in [-0.2, -0.15) is 0 Å². The van der Waals surface area contributed by atoms with E-state index in [-0.39, 0.29) is 18.5 Å². The van der Waals surface area contributed by atoms with E-state index in [1.54, 1.807) is 31.5 Å². The van der Waals surface area contributed by atoms with E-state index in [2.05, 4.69) is 15.5 Å². The summed E-state index contributed by atoms with van der Waals surface area (Å²) in [5, 5.41) is 2.53. The molecule has 3 aromatic heterocycles. The molecule has 5 aromatic rings. The molecule has 5 rings (SSSR count). The average Bonchev–Trinajstić information content (AvgIpc) is 3.54. The van der Waals surface area contributed by atoms with Crippen LogP contribution in [0.5, 0.6) is 0 Å². The number of ether oxygens (including phenoxy) is 2. The zero-order valence-electron chi connectivity index (χ0n) is 21.3. The van der Waals surface area contributed by atoms with Crippen molar-refractivity contribution in [3.8, 4) is 22.3 Å². The van der Waals surface area contributed by atoms with E-state index in [4.69, 9.17) is 9.47 Å². The molecule has 0 atom stereocenters. The predicted molar refractivity (Wildman–Crippen MR) is 147 cm³/mol. The van der Waals surface area contributed by atoms with E-state index in [0.717, 1.165) is 16.7 Å². The number of hydrogen-bond donors (Lipinski definition) is 4. The minimum Gasteiger partial charge on any atom is -0.464 e. The van der Waals surface area contributed by atoms with Crippen LogP contribution in [0.15, 0.2) is 94.8 Å². The summed E-state index contributed by atoms with van der Waals surface area (Å²) in [6.45, 7) is 1.94. The van der Waals surface area contributed by atoms with Crippen molar-refractivity contribution in [1.82, 2.24) is 25.4 Å². The Kier molecular flexibility index (Phi) is 9.22. The van der Waals surface area contributed by atoms with Gasteiger partial charge in [-0.3, -0.25) is 19.0 Å². The van der Waals surface area contributed by atoms with Crippen molar-refractivity contribution in [2.24, 2.45) is 0 Å². The summed E-state index contributed by atoms with van der Waals surface area (Å²) >= 11 is 0. The molecule has 0 aliphatic carbocycles. The smallest absolute Gasteiger partial charge is 0.426 e. The zero-order valence-corrected chi connectivity index (χ0v) is 21.3. The highest BCUT2D eigenvalue weighted by Crippen LogP contribution is 2.25. The van der Waals surface area contributed by atoms with E-state index in [0.29, 0.717) is 11.1 Å². The average molecular weight is 533 g/mol. The van der Waals surface area contributed by atoms with E-state index >= 15 is 0 Å². The van der Waals surface area contributed by atoms with Gasteiger partial charge in [0.2, 0.25) is 0 Å². The molecule has 2 aromatic carbocycles. The Hall–Kier alpha value is -5.36. The standard InChI is InChI=1S/C15H16N2O4.C12H9N3O2.H3N/c1-3-21-15(19)16-17-10-9-12(13(17)14(18)20-2)11-7-5-4-6-8-11;16-11-10-9(8-4-2-1-3-5-8)6-7-15(10)14-12(17)13-11;/h4-10H,3H2,1-2H3,(H,16,19);1-7H,(H2,13,14,16,17);1H3. The molecule has 0 unspecified atom stereocenters. The van der Waals surface area contributed by atoms with Gasteiger partial charge >= 0.3 is 17.8 Å². The van der Waals surface area contributed by atoms with Gasteiger partial charge in [-0.15, -0.1) is 0 Å². The molecule has 6 N–H and O–H groups in total. The Labute approximate surface area is 222 Å². The predicted octanol–water partition coefficient (Wildman–Crippen LogP) is 3.79. The van der Waals surface area contributed by atoms with Crippen LogP contribution in [-0.4, -0.2) is 45.1 Å². The molecular formula is C27H28N6O6. The number of rotatable bonds is 5. The first-order chi connectivity index (χ1) is 18.4. The van der Waals surface area contributed by atoms with Crippen molar-refractivity contribution in [3.63, 3.8) is 0 Å². The number of carbonyl (C=O) groups is 2. The molecule has 0 radical (unpaired) electrons. The summed E-state index contributed by atoms with van der Waals surface area (Å²) in [4.78, 5) is 48.6. The fourth-order valence-electron chi connectivity index (χ4n) is 3.85. The van der Waals surface area contributed by atoms with Gasteiger partial charge in [0.1, 0.15) is 5.52 Å². The molecule has 0 saturated heterocycles. The van der Waals surface area contributed by atoms with Crippen LogP contribution in [0.2, 0.25) is 0 Å². The Bertz CT molecular complexity index is 1670. The van der Waals surface area contributed by atoms with Gasteiger partial charge in [0.15, 0.2) is 5.69 Å². The van der Waals surface area contributed by atoms with Crippen LogP contribution in [0.4, 0.5) is 4.79 Å². The van der Waals surface area contributed by atoms with Crippen molar-refractivity contribution in [1.29, 1.82) is 0 Å². The van der Waals surface area contributed by atoms with Crippen LogP contribution < -0.4 is 22.8 Å². The maximum atomic E-state index is 12.0. The lowest BCUT2D eigenvalue weighted by Crippen LogP contribution is -2.26. The second-order valence-corrected chi connectivity index (χ2v) is 7.85.